The minimum Gasteiger partial charge on any atom is -0.361 e. The van der Waals surface area contributed by atoms with Crippen molar-refractivity contribution >= 4 is 32.4 Å². The van der Waals surface area contributed by atoms with Crippen LogP contribution in [0.3, 0.4) is 0 Å². The number of hydrogen-bond donors (Lipinski definition) is 1. The lowest BCUT2D eigenvalue weighted by atomic mass is 9.86. The number of rotatable bonds is 3. The van der Waals surface area contributed by atoms with Crippen molar-refractivity contribution in [2.45, 2.75) is 19.3 Å². The summed E-state index contributed by atoms with van der Waals surface area (Å²) in [6, 6.07) is 0. The molecule has 66 valence electrons. The maximum absolute atomic E-state index is 4.21. The van der Waals surface area contributed by atoms with E-state index >= 15 is 0 Å². The Balaban J connectivity index is 1.79. The van der Waals surface area contributed by atoms with E-state index in [0.717, 1.165) is 21.4 Å². The topological polar surface area (TPSA) is 24.9 Å². The van der Waals surface area contributed by atoms with Crippen LogP contribution in [-0.2, 0) is 0 Å². The van der Waals surface area contributed by atoms with Crippen LogP contribution in [0.25, 0.3) is 0 Å². The van der Waals surface area contributed by atoms with Crippen LogP contribution in [0.4, 0.5) is 5.13 Å². The van der Waals surface area contributed by atoms with E-state index in [9.17, 15) is 0 Å². The first kappa shape index (κ1) is 8.51. The van der Waals surface area contributed by atoms with Gasteiger partial charge in [0.1, 0.15) is 0 Å². The first-order chi connectivity index (χ1) is 5.84. The Kier molecular flexibility index (Phi) is 2.66. The summed E-state index contributed by atoms with van der Waals surface area (Å²) in [7, 11) is 0. The summed E-state index contributed by atoms with van der Waals surface area (Å²) in [5.74, 6) is 0.896. The van der Waals surface area contributed by atoms with E-state index in [1.165, 1.54) is 19.3 Å². The predicted octanol–water partition coefficient (Wildman–Crippen LogP) is 3.12. The normalized spacial score (nSPS) is 17.4. The second-order valence-corrected chi connectivity index (χ2v) is 5.56. The Bertz CT molecular complexity index is 257. The maximum atomic E-state index is 4.21. The molecule has 0 saturated heterocycles. The van der Waals surface area contributed by atoms with Crippen LogP contribution >= 0.6 is 27.3 Å². The van der Waals surface area contributed by atoms with Gasteiger partial charge in [-0.05, 0) is 34.7 Å². The second-order valence-electron chi connectivity index (χ2n) is 3.15. The standard InChI is InChI=1S/C8H11BrN2S/c9-7-5-11-8(12-7)10-4-6-2-1-3-6/h5-6H,1-4H2,(H,10,11). The maximum Gasteiger partial charge on any atom is 0.183 e. The second kappa shape index (κ2) is 3.75. The Labute approximate surface area is 84.5 Å². The molecule has 0 spiro atoms. The molecule has 1 N–H and O–H groups in total. The Morgan fingerprint density at radius 2 is 2.50 bits per heavy atom. The molecule has 1 heterocycles. The van der Waals surface area contributed by atoms with Gasteiger partial charge in [-0.2, -0.15) is 0 Å². The number of nitrogens with zero attached hydrogens (tertiary/aromatic N) is 1. The molecule has 0 unspecified atom stereocenters. The molecule has 1 saturated carbocycles. The van der Waals surface area contributed by atoms with Crippen LogP contribution < -0.4 is 5.32 Å². The Hall–Kier alpha value is -0.0900. The van der Waals surface area contributed by atoms with Crippen molar-refractivity contribution in [3.8, 4) is 0 Å². The molecular formula is C8H11BrN2S. The summed E-state index contributed by atoms with van der Waals surface area (Å²) >= 11 is 5.04. The van der Waals surface area contributed by atoms with Crippen molar-refractivity contribution in [1.29, 1.82) is 0 Å². The smallest absolute Gasteiger partial charge is 0.183 e. The number of aromatic nitrogens is 1. The molecule has 4 heteroatoms. The largest absolute Gasteiger partial charge is 0.361 e. The zero-order chi connectivity index (χ0) is 8.39. The number of nitrogens with one attached hydrogen (secondary N) is 1. The fraction of sp³-hybridized carbons (Fsp3) is 0.625. The van der Waals surface area contributed by atoms with Gasteiger partial charge in [0.25, 0.3) is 0 Å². The third-order valence-corrected chi connectivity index (χ3v) is 3.68. The van der Waals surface area contributed by atoms with E-state index in [1.807, 2.05) is 6.20 Å². The molecule has 0 aromatic carbocycles. The van der Waals surface area contributed by atoms with Crippen LogP contribution in [0, 0.1) is 5.92 Å². The fourth-order valence-electron chi connectivity index (χ4n) is 1.26. The van der Waals surface area contributed by atoms with Crippen LogP contribution in [0.1, 0.15) is 19.3 Å². The van der Waals surface area contributed by atoms with E-state index in [4.69, 9.17) is 0 Å². The van der Waals surface area contributed by atoms with Gasteiger partial charge < -0.3 is 5.32 Å². The quantitative estimate of drug-likeness (QED) is 0.887. The first-order valence-corrected chi connectivity index (χ1v) is 5.81. The molecule has 0 aliphatic heterocycles. The Morgan fingerprint density at radius 3 is 3.00 bits per heavy atom. The molecule has 1 fully saturated rings. The number of thiazole rings is 1. The van der Waals surface area contributed by atoms with Gasteiger partial charge >= 0.3 is 0 Å². The zero-order valence-electron chi connectivity index (χ0n) is 6.72. The van der Waals surface area contributed by atoms with Gasteiger partial charge in [0.05, 0.1) is 9.98 Å². The SMILES string of the molecule is Brc1cnc(NCC2CCC2)s1. The zero-order valence-corrected chi connectivity index (χ0v) is 9.12. The van der Waals surface area contributed by atoms with Crippen molar-refractivity contribution in [2.75, 3.05) is 11.9 Å². The van der Waals surface area contributed by atoms with Gasteiger partial charge in [0.15, 0.2) is 5.13 Å². The molecular weight excluding hydrogens is 236 g/mol. The van der Waals surface area contributed by atoms with E-state index in [-0.39, 0.29) is 0 Å². The average Bonchev–Trinajstić information content (AvgIpc) is 2.32. The van der Waals surface area contributed by atoms with Crippen LogP contribution in [-0.4, -0.2) is 11.5 Å². The van der Waals surface area contributed by atoms with Gasteiger partial charge in [-0.3, -0.25) is 0 Å². The molecule has 0 atom stereocenters. The van der Waals surface area contributed by atoms with Crippen molar-refractivity contribution < 1.29 is 0 Å². The average molecular weight is 247 g/mol. The van der Waals surface area contributed by atoms with E-state index in [0.29, 0.717) is 0 Å². The minimum absolute atomic E-state index is 0.896. The summed E-state index contributed by atoms with van der Waals surface area (Å²) in [6.45, 7) is 1.10. The predicted molar refractivity (Wildman–Crippen MR) is 55.6 cm³/mol. The highest BCUT2D eigenvalue weighted by molar-refractivity contribution is 9.11. The third kappa shape index (κ3) is 1.98. The van der Waals surface area contributed by atoms with E-state index in [2.05, 4.69) is 26.2 Å². The third-order valence-electron chi connectivity index (χ3n) is 2.24. The van der Waals surface area contributed by atoms with Crippen molar-refractivity contribution in [3.63, 3.8) is 0 Å². The summed E-state index contributed by atoms with van der Waals surface area (Å²) in [4.78, 5) is 4.21. The monoisotopic (exact) mass is 246 g/mol. The van der Waals surface area contributed by atoms with E-state index in [1.54, 1.807) is 11.3 Å². The summed E-state index contributed by atoms with van der Waals surface area (Å²) in [6.07, 6.45) is 6.03. The lowest BCUT2D eigenvalue weighted by Crippen LogP contribution is -2.20. The molecule has 0 bridgehead atoms. The van der Waals surface area contributed by atoms with E-state index < -0.39 is 0 Å². The summed E-state index contributed by atoms with van der Waals surface area (Å²) < 4.78 is 1.10. The summed E-state index contributed by atoms with van der Waals surface area (Å²) in [5, 5.41) is 4.38. The highest BCUT2D eigenvalue weighted by Gasteiger charge is 2.16. The molecule has 2 nitrogen and oxygen atoms in total. The fourth-order valence-corrected chi connectivity index (χ4v) is 2.38. The molecule has 1 aliphatic carbocycles. The van der Waals surface area contributed by atoms with Gasteiger partial charge in [0, 0.05) is 6.54 Å². The molecule has 0 amide bonds. The molecule has 0 radical (unpaired) electrons. The number of halogens is 1. The molecule has 1 aromatic rings. The van der Waals surface area contributed by atoms with Crippen molar-refractivity contribution in [1.82, 2.24) is 4.98 Å². The van der Waals surface area contributed by atoms with Crippen LogP contribution in [0.5, 0.6) is 0 Å². The van der Waals surface area contributed by atoms with Crippen molar-refractivity contribution in [2.24, 2.45) is 5.92 Å². The Morgan fingerprint density at radius 1 is 1.67 bits per heavy atom. The van der Waals surface area contributed by atoms with Gasteiger partial charge in [-0.1, -0.05) is 17.8 Å². The lowest BCUT2D eigenvalue weighted by molar-refractivity contribution is 0.333. The first-order valence-electron chi connectivity index (χ1n) is 4.20. The van der Waals surface area contributed by atoms with Gasteiger partial charge in [0.2, 0.25) is 0 Å². The molecule has 2 rings (SSSR count). The van der Waals surface area contributed by atoms with Gasteiger partial charge in [-0.15, -0.1) is 0 Å². The lowest BCUT2D eigenvalue weighted by Gasteiger charge is -2.25. The summed E-state index contributed by atoms with van der Waals surface area (Å²) in [5.41, 5.74) is 0. The molecule has 12 heavy (non-hydrogen) atoms. The minimum atomic E-state index is 0.896. The van der Waals surface area contributed by atoms with Crippen molar-refractivity contribution in [3.05, 3.63) is 9.98 Å². The van der Waals surface area contributed by atoms with Crippen LogP contribution in [0.2, 0.25) is 0 Å². The highest BCUT2D eigenvalue weighted by atomic mass is 79.9. The number of anilines is 1. The molecule has 1 aromatic heterocycles. The van der Waals surface area contributed by atoms with Crippen LogP contribution in [0.15, 0.2) is 9.98 Å². The van der Waals surface area contributed by atoms with Gasteiger partial charge in [-0.25, -0.2) is 4.98 Å². The highest BCUT2D eigenvalue weighted by Crippen LogP contribution is 2.28. The molecule has 1 aliphatic rings. The number of hydrogen-bond acceptors (Lipinski definition) is 3.